The van der Waals surface area contributed by atoms with E-state index in [0.717, 1.165) is 50.8 Å². The van der Waals surface area contributed by atoms with Crippen LogP contribution in [-0.2, 0) is 4.79 Å². The van der Waals surface area contributed by atoms with Gasteiger partial charge in [0.1, 0.15) is 11.8 Å². The lowest BCUT2D eigenvalue weighted by molar-refractivity contribution is -0.274. The Bertz CT molecular complexity index is 688. The minimum absolute atomic E-state index is 0.0535. The van der Waals surface area contributed by atoms with Crippen LogP contribution in [0.5, 0.6) is 5.75 Å². The quantitative estimate of drug-likeness (QED) is 0.803. The zero-order valence-electron chi connectivity index (χ0n) is 15.4. The Morgan fingerprint density at radius 1 is 1.04 bits per heavy atom. The van der Waals surface area contributed by atoms with E-state index in [0.29, 0.717) is 12.1 Å². The second-order valence-corrected chi connectivity index (χ2v) is 7.19. The van der Waals surface area contributed by atoms with Crippen LogP contribution in [0.25, 0.3) is 0 Å². The number of benzene rings is 1. The van der Waals surface area contributed by atoms with Crippen LogP contribution in [0.15, 0.2) is 24.3 Å². The number of nitrogens with zero attached hydrogens (tertiary/aromatic N) is 1. The van der Waals surface area contributed by atoms with Gasteiger partial charge in [-0.1, -0.05) is 19.3 Å². The summed E-state index contributed by atoms with van der Waals surface area (Å²) in [6.07, 6.45) is 2.12. The highest BCUT2D eigenvalue weighted by molar-refractivity contribution is 5.94. The largest absolute Gasteiger partial charge is 0.573 e. The average molecular weight is 399 g/mol. The van der Waals surface area contributed by atoms with Gasteiger partial charge in [0.05, 0.1) is 0 Å². The molecule has 3 amide bonds. The highest BCUT2D eigenvalue weighted by Gasteiger charge is 2.34. The first-order chi connectivity index (χ1) is 13.3. The second-order valence-electron chi connectivity index (χ2n) is 7.19. The molecule has 1 heterocycles. The lowest BCUT2D eigenvalue weighted by Crippen LogP contribution is -2.56. The van der Waals surface area contributed by atoms with E-state index in [1.165, 1.54) is 18.6 Å². The summed E-state index contributed by atoms with van der Waals surface area (Å²) >= 11 is 0. The molecular weight excluding hydrogens is 375 g/mol. The molecule has 2 fully saturated rings. The highest BCUT2D eigenvalue weighted by Crippen LogP contribution is 2.26. The van der Waals surface area contributed by atoms with Gasteiger partial charge >= 0.3 is 12.4 Å². The number of carbonyl (C=O) groups is 2. The maximum absolute atomic E-state index is 12.8. The molecule has 0 radical (unpaired) electrons. The third kappa shape index (κ3) is 5.53. The van der Waals surface area contributed by atoms with Gasteiger partial charge < -0.3 is 20.3 Å². The van der Waals surface area contributed by atoms with Crippen molar-refractivity contribution in [1.82, 2.24) is 10.2 Å². The van der Waals surface area contributed by atoms with Crippen LogP contribution >= 0.6 is 0 Å². The van der Waals surface area contributed by atoms with Crippen LogP contribution < -0.4 is 15.4 Å². The Morgan fingerprint density at radius 2 is 1.71 bits per heavy atom. The fourth-order valence-corrected chi connectivity index (χ4v) is 3.85. The minimum Gasteiger partial charge on any atom is -0.406 e. The summed E-state index contributed by atoms with van der Waals surface area (Å²) in [4.78, 5) is 26.9. The molecule has 1 aromatic rings. The van der Waals surface area contributed by atoms with Crippen molar-refractivity contribution >= 4 is 17.6 Å². The van der Waals surface area contributed by atoms with Crippen molar-refractivity contribution in [3.8, 4) is 5.75 Å². The summed E-state index contributed by atoms with van der Waals surface area (Å²) in [6.45, 7) is 0.726. The first-order valence-electron chi connectivity index (χ1n) is 9.55. The summed E-state index contributed by atoms with van der Waals surface area (Å²) in [7, 11) is 0. The van der Waals surface area contributed by atoms with Gasteiger partial charge in [0.15, 0.2) is 0 Å². The first-order valence-corrected chi connectivity index (χ1v) is 9.55. The van der Waals surface area contributed by atoms with E-state index < -0.39 is 18.4 Å². The summed E-state index contributed by atoms with van der Waals surface area (Å²) in [5.41, 5.74) is 0.305. The first kappa shape index (κ1) is 20.3. The van der Waals surface area contributed by atoms with Crippen molar-refractivity contribution in [1.29, 1.82) is 0 Å². The Balaban J connectivity index is 1.53. The number of piperidine rings is 1. The number of anilines is 1. The minimum atomic E-state index is -4.77. The molecule has 1 saturated heterocycles. The van der Waals surface area contributed by atoms with Gasteiger partial charge in [-0.05, 0) is 49.9 Å². The van der Waals surface area contributed by atoms with Gasteiger partial charge in [-0.15, -0.1) is 13.2 Å². The third-order valence-corrected chi connectivity index (χ3v) is 5.14. The lowest BCUT2D eigenvalue weighted by Gasteiger charge is -2.39. The molecule has 9 heteroatoms. The van der Waals surface area contributed by atoms with Crippen LogP contribution in [0.1, 0.15) is 44.9 Å². The number of hydrogen-bond acceptors (Lipinski definition) is 3. The van der Waals surface area contributed by atoms with Crippen LogP contribution in [0.2, 0.25) is 0 Å². The van der Waals surface area contributed by atoms with Crippen molar-refractivity contribution in [3.05, 3.63) is 24.3 Å². The predicted octanol–water partition coefficient (Wildman–Crippen LogP) is 4.03. The fourth-order valence-electron chi connectivity index (χ4n) is 3.85. The summed E-state index contributed by atoms with van der Waals surface area (Å²) < 4.78 is 40.3. The van der Waals surface area contributed by atoms with Crippen LogP contribution in [0, 0.1) is 0 Å². The van der Waals surface area contributed by atoms with Gasteiger partial charge in [0.25, 0.3) is 0 Å². The molecule has 28 heavy (non-hydrogen) atoms. The molecule has 1 aliphatic carbocycles. The van der Waals surface area contributed by atoms with Crippen molar-refractivity contribution in [2.45, 2.75) is 63.4 Å². The third-order valence-electron chi connectivity index (χ3n) is 5.14. The van der Waals surface area contributed by atoms with E-state index in [9.17, 15) is 22.8 Å². The standard InChI is InChI=1S/C19H24F3N3O3/c20-19(21,22)28-15-10-8-13(9-11-15)23-18(27)24-16-7-4-12-25(17(16)26)14-5-2-1-3-6-14/h8-11,14,16H,1-7,12H2,(H2,23,24,27). The molecule has 0 aromatic heterocycles. The molecule has 1 aliphatic heterocycles. The molecule has 0 bridgehead atoms. The topological polar surface area (TPSA) is 70.7 Å². The predicted molar refractivity (Wildman–Crippen MR) is 96.9 cm³/mol. The molecule has 6 nitrogen and oxygen atoms in total. The lowest BCUT2D eigenvalue weighted by atomic mass is 9.91. The molecule has 2 aliphatic rings. The average Bonchev–Trinajstić information content (AvgIpc) is 2.65. The molecule has 1 unspecified atom stereocenters. The van der Waals surface area contributed by atoms with E-state index in [2.05, 4.69) is 15.4 Å². The molecule has 1 aromatic carbocycles. The summed E-state index contributed by atoms with van der Waals surface area (Å²) in [5.74, 6) is -0.425. The Labute approximate surface area is 161 Å². The van der Waals surface area contributed by atoms with Gasteiger partial charge in [-0.2, -0.15) is 0 Å². The van der Waals surface area contributed by atoms with Crippen molar-refractivity contribution in [2.24, 2.45) is 0 Å². The van der Waals surface area contributed by atoms with Crippen molar-refractivity contribution in [2.75, 3.05) is 11.9 Å². The van der Waals surface area contributed by atoms with E-state index in [-0.39, 0.29) is 17.7 Å². The molecule has 1 atom stereocenters. The normalized spacial score (nSPS) is 21.3. The number of amides is 3. The summed E-state index contributed by atoms with van der Waals surface area (Å²) in [5, 5.41) is 5.22. The molecule has 2 N–H and O–H groups in total. The number of nitrogens with one attached hydrogen (secondary N) is 2. The van der Waals surface area contributed by atoms with Gasteiger partial charge in [-0.3, -0.25) is 4.79 Å². The van der Waals surface area contributed by atoms with E-state index in [1.807, 2.05) is 4.90 Å². The number of urea groups is 1. The van der Waals surface area contributed by atoms with Crippen molar-refractivity contribution < 1.29 is 27.5 Å². The second kappa shape index (κ2) is 8.70. The number of likely N-dealkylation sites (tertiary alicyclic amines) is 1. The zero-order chi connectivity index (χ0) is 20.1. The number of ether oxygens (including phenoxy) is 1. The Hall–Kier alpha value is -2.45. The SMILES string of the molecule is O=C(Nc1ccc(OC(F)(F)F)cc1)NC1CCCN(C2CCCCC2)C1=O. The number of hydrogen-bond donors (Lipinski definition) is 2. The maximum atomic E-state index is 12.8. The van der Waals surface area contributed by atoms with Crippen LogP contribution in [-0.4, -0.2) is 41.8 Å². The number of halogens is 3. The van der Waals surface area contributed by atoms with E-state index >= 15 is 0 Å². The fraction of sp³-hybridized carbons (Fsp3) is 0.579. The molecule has 154 valence electrons. The molecular formula is C19H24F3N3O3. The summed E-state index contributed by atoms with van der Waals surface area (Å²) in [6, 6.07) is 3.95. The monoisotopic (exact) mass is 399 g/mol. The van der Waals surface area contributed by atoms with E-state index in [1.54, 1.807) is 0 Å². The highest BCUT2D eigenvalue weighted by atomic mass is 19.4. The maximum Gasteiger partial charge on any atom is 0.573 e. The van der Waals surface area contributed by atoms with Gasteiger partial charge in [0.2, 0.25) is 5.91 Å². The van der Waals surface area contributed by atoms with Crippen LogP contribution in [0.3, 0.4) is 0 Å². The van der Waals surface area contributed by atoms with Gasteiger partial charge in [-0.25, -0.2) is 4.79 Å². The number of carbonyl (C=O) groups excluding carboxylic acids is 2. The van der Waals surface area contributed by atoms with Crippen LogP contribution in [0.4, 0.5) is 23.7 Å². The molecule has 1 saturated carbocycles. The zero-order valence-corrected chi connectivity index (χ0v) is 15.4. The molecule has 3 rings (SSSR count). The Kier molecular flexibility index (Phi) is 6.31. The Morgan fingerprint density at radius 3 is 2.36 bits per heavy atom. The van der Waals surface area contributed by atoms with Crippen molar-refractivity contribution in [3.63, 3.8) is 0 Å². The van der Waals surface area contributed by atoms with E-state index in [4.69, 9.17) is 0 Å². The number of rotatable bonds is 4. The molecule has 0 spiro atoms. The van der Waals surface area contributed by atoms with Gasteiger partial charge in [0, 0.05) is 18.3 Å². The smallest absolute Gasteiger partial charge is 0.406 e. The number of alkyl halides is 3.